The zero-order valence-corrected chi connectivity index (χ0v) is 12.9. The second-order valence-corrected chi connectivity index (χ2v) is 6.00. The second-order valence-electron chi connectivity index (χ2n) is 5.12. The van der Waals surface area contributed by atoms with Gasteiger partial charge in [-0.3, -0.25) is 14.8 Å². The van der Waals surface area contributed by atoms with Crippen LogP contribution in [0.4, 0.5) is 0 Å². The first-order valence-electron chi connectivity index (χ1n) is 6.97. The molecule has 0 saturated carbocycles. The van der Waals surface area contributed by atoms with Gasteiger partial charge in [0.1, 0.15) is 11.8 Å². The minimum atomic E-state index is -0.674. The summed E-state index contributed by atoms with van der Waals surface area (Å²) in [5.41, 5.74) is 0.516. The van der Waals surface area contributed by atoms with Gasteiger partial charge >= 0.3 is 0 Å². The van der Waals surface area contributed by atoms with Gasteiger partial charge in [0.15, 0.2) is 0 Å². The molecule has 1 aromatic heterocycles. The van der Waals surface area contributed by atoms with Crippen LogP contribution in [-0.2, 0) is 4.79 Å². The number of amides is 2. The van der Waals surface area contributed by atoms with Gasteiger partial charge in [-0.05, 0) is 18.9 Å². The van der Waals surface area contributed by atoms with E-state index in [1.54, 1.807) is 12.5 Å². The van der Waals surface area contributed by atoms with Gasteiger partial charge < -0.3 is 10.1 Å². The summed E-state index contributed by atoms with van der Waals surface area (Å²) in [5, 5.41) is 15.4. The first-order valence-corrected chi connectivity index (χ1v) is 7.85. The van der Waals surface area contributed by atoms with Crippen molar-refractivity contribution in [3.8, 4) is 5.75 Å². The lowest BCUT2D eigenvalue weighted by molar-refractivity contribution is -0.172. The molecular weight excluding hydrogens is 304 g/mol. The van der Waals surface area contributed by atoms with Crippen LogP contribution in [0.5, 0.6) is 5.75 Å². The van der Waals surface area contributed by atoms with Crippen molar-refractivity contribution in [1.82, 2.24) is 10.4 Å². The molecule has 1 aliphatic heterocycles. The van der Waals surface area contributed by atoms with Crippen LogP contribution in [-0.4, -0.2) is 41.8 Å². The first-order chi connectivity index (χ1) is 10.6. The van der Waals surface area contributed by atoms with Crippen LogP contribution in [0.15, 0.2) is 23.6 Å². The number of hydroxylamine groups is 2. The molecule has 1 aliphatic rings. The molecule has 2 aromatic rings. The highest BCUT2D eigenvalue weighted by atomic mass is 32.1. The molecule has 0 spiro atoms. The Morgan fingerprint density at radius 3 is 3.09 bits per heavy atom. The normalized spacial score (nSPS) is 18.5. The number of ether oxygens (including phenoxy) is 1. The highest BCUT2D eigenvalue weighted by molar-refractivity contribution is 7.18. The molecule has 1 atom stereocenters. The number of carbonyl (C=O) groups excluding carboxylic acids is 2. The Bertz CT molecular complexity index is 727. The van der Waals surface area contributed by atoms with E-state index in [4.69, 9.17) is 4.74 Å². The molecule has 2 heterocycles. The number of benzene rings is 1. The molecule has 22 heavy (non-hydrogen) atoms. The molecule has 6 nitrogen and oxygen atoms in total. The number of nitrogens with one attached hydrogen (secondary N) is 1. The van der Waals surface area contributed by atoms with Gasteiger partial charge in [-0.15, -0.1) is 11.3 Å². The highest BCUT2D eigenvalue weighted by Crippen LogP contribution is 2.33. The number of hydrogen-bond acceptors (Lipinski definition) is 5. The fourth-order valence-corrected chi connectivity index (χ4v) is 3.64. The summed E-state index contributed by atoms with van der Waals surface area (Å²) in [7, 11) is 1.59. The van der Waals surface area contributed by atoms with Crippen molar-refractivity contribution >= 4 is 33.2 Å². The fourth-order valence-electron chi connectivity index (χ4n) is 2.60. The Labute approximate surface area is 131 Å². The maximum atomic E-state index is 12.4. The van der Waals surface area contributed by atoms with Crippen LogP contribution in [0.25, 0.3) is 10.1 Å². The quantitative estimate of drug-likeness (QED) is 0.848. The van der Waals surface area contributed by atoms with Crippen molar-refractivity contribution < 1.29 is 19.5 Å². The van der Waals surface area contributed by atoms with E-state index in [0.29, 0.717) is 30.0 Å². The predicted octanol–water partition coefficient (Wildman–Crippen LogP) is 2.02. The number of thiophene rings is 1. The third kappa shape index (κ3) is 2.53. The van der Waals surface area contributed by atoms with E-state index in [-0.39, 0.29) is 5.91 Å². The standard InChI is InChI=1S/C15H16N2O4S/c1-21-12-6-2-4-9-10(8-22-13(9)12)14(18)16-11-5-3-7-17(20)15(11)19/h2,4,6,8,11,20H,3,5,7H2,1H3,(H,16,18). The smallest absolute Gasteiger partial charge is 0.268 e. The highest BCUT2D eigenvalue weighted by Gasteiger charge is 2.30. The number of fused-ring (bicyclic) bond motifs is 1. The van der Waals surface area contributed by atoms with Crippen LogP contribution in [0, 0.1) is 0 Å². The maximum absolute atomic E-state index is 12.4. The van der Waals surface area contributed by atoms with Crippen molar-refractivity contribution in [3.63, 3.8) is 0 Å². The molecule has 0 bridgehead atoms. The van der Waals surface area contributed by atoms with Crippen LogP contribution in [0.2, 0.25) is 0 Å². The number of methoxy groups -OCH3 is 1. The second kappa shape index (κ2) is 5.94. The molecule has 2 N–H and O–H groups in total. The van der Waals surface area contributed by atoms with Gasteiger partial charge in [0.25, 0.3) is 11.8 Å². The lowest BCUT2D eigenvalue weighted by Crippen LogP contribution is -2.51. The molecule has 2 amide bonds. The summed E-state index contributed by atoms with van der Waals surface area (Å²) in [4.78, 5) is 24.3. The van der Waals surface area contributed by atoms with Crippen molar-refractivity contribution in [3.05, 3.63) is 29.1 Å². The SMILES string of the molecule is COc1cccc2c(C(=O)NC3CCCN(O)C3=O)csc12. The Balaban J connectivity index is 1.85. The summed E-state index contributed by atoms with van der Waals surface area (Å²) >= 11 is 1.43. The van der Waals surface area contributed by atoms with E-state index < -0.39 is 11.9 Å². The molecule has 0 aliphatic carbocycles. The van der Waals surface area contributed by atoms with E-state index in [9.17, 15) is 14.8 Å². The number of piperidine rings is 1. The van der Waals surface area contributed by atoms with Gasteiger partial charge in [0.05, 0.1) is 17.4 Å². The Morgan fingerprint density at radius 1 is 1.50 bits per heavy atom. The average Bonchev–Trinajstić information content (AvgIpc) is 2.95. The van der Waals surface area contributed by atoms with Gasteiger partial charge in [-0.25, -0.2) is 5.06 Å². The Kier molecular flexibility index (Phi) is 4.00. The zero-order valence-electron chi connectivity index (χ0n) is 12.0. The molecule has 3 rings (SSSR count). The molecule has 1 unspecified atom stereocenters. The molecule has 1 aromatic carbocycles. The topological polar surface area (TPSA) is 78.9 Å². The largest absolute Gasteiger partial charge is 0.495 e. The van der Waals surface area contributed by atoms with Crippen molar-refractivity contribution in [2.24, 2.45) is 0 Å². The monoisotopic (exact) mass is 320 g/mol. The third-order valence-electron chi connectivity index (χ3n) is 3.75. The summed E-state index contributed by atoms with van der Waals surface area (Å²) in [6.07, 6.45) is 1.19. The van der Waals surface area contributed by atoms with Gasteiger partial charge in [-0.1, -0.05) is 12.1 Å². The van der Waals surface area contributed by atoms with E-state index >= 15 is 0 Å². The number of carbonyl (C=O) groups is 2. The summed E-state index contributed by atoms with van der Waals surface area (Å²) in [5.74, 6) is -0.0540. The van der Waals surface area contributed by atoms with Crippen LogP contribution in [0.1, 0.15) is 23.2 Å². The van der Waals surface area contributed by atoms with Crippen LogP contribution >= 0.6 is 11.3 Å². The Morgan fingerprint density at radius 2 is 2.32 bits per heavy atom. The van der Waals surface area contributed by atoms with E-state index in [2.05, 4.69) is 5.32 Å². The predicted molar refractivity (Wildman–Crippen MR) is 82.4 cm³/mol. The van der Waals surface area contributed by atoms with Crippen LogP contribution < -0.4 is 10.1 Å². The first kappa shape index (κ1) is 14.8. The molecule has 1 saturated heterocycles. The van der Waals surface area contributed by atoms with E-state index in [1.165, 1.54) is 11.3 Å². The maximum Gasteiger partial charge on any atom is 0.268 e. The lowest BCUT2D eigenvalue weighted by Gasteiger charge is -2.27. The molecule has 116 valence electrons. The zero-order chi connectivity index (χ0) is 15.7. The minimum absolute atomic E-state index is 0.309. The molecular formula is C15H16N2O4S. The van der Waals surface area contributed by atoms with Gasteiger partial charge in [0.2, 0.25) is 0 Å². The number of rotatable bonds is 3. The third-order valence-corrected chi connectivity index (χ3v) is 4.76. The van der Waals surface area contributed by atoms with Crippen LogP contribution in [0.3, 0.4) is 0 Å². The van der Waals surface area contributed by atoms with Gasteiger partial charge in [-0.2, -0.15) is 0 Å². The van der Waals surface area contributed by atoms with Crippen molar-refractivity contribution in [1.29, 1.82) is 0 Å². The summed E-state index contributed by atoms with van der Waals surface area (Å²) < 4.78 is 6.18. The lowest BCUT2D eigenvalue weighted by atomic mass is 10.1. The van der Waals surface area contributed by atoms with Crippen molar-refractivity contribution in [2.75, 3.05) is 13.7 Å². The fraction of sp³-hybridized carbons (Fsp3) is 0.333. The average molecular weight is 320 g/mol. The van der Waals surface area contributed by atoms with E-state index in [0.717, 1.165) is 15.8 Å². The number of hydrogen-bond donors (Lipinski definition) is 2. The molecule has 1 fully saturated rings. The molecule has 7 heteroatoms. The van der Waals surface area contributed by atoms with E-state index in [1.807, 2.05) is 18.2 Å². The van der Waals surface area contributed by atoms with Gasteiger partial charge in [0, 0.05) is 17.3 Å². The number of nitrogens with zero attached hydrogens (tertiary/aromatic N) is 1. The molecule has 0 radical (unpaired) electrons. The van der Waals surface area contributed by atoms with Crippen molar-refractivity contribution in [2.45, 2.75) is 18.9 Å². The summed E-state index contributed by atoms with van der Waals surface area (Å²) in [6, 6.07) is 4.84. The summed E-state index contributed by atoms with van der Waals surface area (Å²) in [6.45, 7) is 0.309. The minimum Gasteiger partial charge on any atom is -0.495 e. The Hall–Kier alpha value is -2.12.